The van der Waals surface area contributed by atoms with Crippen molar-refractivity contribution in [1.82, 2.24) is 4.90 Å². The fourth-order valence-corrected chi connectivity index (χ4v) is 1.87. The van der Waals surface area contributed by atoms with Crippen LogP contribution in [-0.2, 0) is 0 Å². The summed E-state index contributed by atoms with van der Waals surface area (Å²) in [7, 11) is 2.23. The maximum Gasteiger partial charge on any atom is 0.0223 e. The summed E-state index contributed by atoms with van der Waals surface area (Å²) < 4.78 is 0. The number of hydrogen-bond acceptors (Lipinski definition) is 1. The van der Waals surface area contributed by atoms with E-state index in [0.717, 1.165) is 18.2 Å². The lowest BCUT2D eigenvalue weighted by Gasteiger charge is -2.30. The first-order valence-electron chi connectivity index (χ1n) is 5.07. The molecule has 1 nitrogen and oxygen atoms in total. The molecular formula is C10H20ClN. The summed E-state index contributed by atoms with van der Waals surface area (Å²) >= 11 is 5.61. The topological polar surface area (TPSA) is 3.24 Å². The van der Waals surface area contributed by atoms with E-state index in [4.69, 9.17) is 11.6 Å². The standard InChI is InChI=1S/C10H20ClN/c1-12(8-3-2-7-11)9-10-5-4-6-10/h10H,2-9H2,1H3. The molecule has 1 aliphatic rings. The number of hydrogen-bond donors (Lipinski definition) is 0. The molecule has 1 rings (SSSR count). The molecule has 72 valence electrons. The molecule has 0 aromatic heterocycles. The summed E-state index contributed by atoms with van der Waals surface area (Å²) in [5, 5.41) is 0. The second-order valence-corrected chi connectivity index (χ2v) is 4.33. The van der Waals surface area contributed by atoms with E-state index in [1.165, 1.54) is 38.8 Å². The molecular weight excluding hydrogens is 170 g/mol. The van der Waals surface area contributed by atoms with E-state index in [9.17, 15) is 0 Å². The number of alkyl halides is 1. The van der Waals surface area contributed by atoms with Gasteiger partial charge in [-0.25, -0.2) is 0 Å². The van der Waals surface area contributed by atoms with Crippen molar-refractivity contribution in [3.63, 3.8) is 0 Å². The highest BCUT2D eigenvalue weighted by Crippen LogP contribution is 2.26. The lowest BCUT2D eigenvalue weighted by atomic mass is 9.85. The Morgan fingerprint density at radius 1 is 1.33 bits per heavy atom. The van der Waals surface area contributed by atoms with Gasteiger partial charge < -0.3 is 4.90 Å². The zero-order chi connectivity index (χ0) is 8.81. The molecule has 0 aromatic carbocycles. The summed E-state index contributed by atoms with van der Waals surface area (Å²) in [6.45, 7) is 2.53. The van der Waals surface area contributed by atoms with Gasteiger partial charge in [-0.05, 0) is 45.2 Å². The first-order chi connectivity index (χ1) is 5.83. The van der Waals surface area contributed by atoms with Crippen LogP contribution in [-0.4, -0.2) is 30.9 Å². The predicted octanol–water partition coefficient (Wildman–Crippen LogP) is 2.74. The van der Waals surface area contributed by atoms with Crippen molar-refractivity contribution in [3.8, 4) is 0 Å². The summed E-state index contributed by atoms with van der Waals surface area (Å²) in [4.78, 5) is 2.45. The third-order valence-corrected chi connectivity index (χ3v) is 2.99. The second-order valence-electron chi connectivity index (χ2n) is 3.96. The molecule has 0 radical (unpaired) electrons. The van der Waals surface area contributed by atoms with E-state index >= 15 is 0 Å². The monoisotopic (exact) mass is 189 g/mol. The van der Waals surface area contributed by atoms with Crippen LogP contribution in [0.3, 0.4) is 0 Å². The minimum absolute atomic E-state index is 0.817. The summed E-state index contributed by atoms with van der Waals surface area (Å²) in [5.74, 6) is 1.82. The molecule has 0 heterocycles. The Bertz CT molecular complexity index is 112. The molecule has 0 atom stereocenters. The Labute approximate surface area is 81.1 Å². The quantitative estimate of drug-likeness (QED) is 0.459. The molecule has 0 unspecified atom stereocenters. The third kappa shape index (κ3) is 3.77. The first kappa shape index (κ1) is 10.3. The second kappa shape index (κ2) is 5.82. The van der Waals surface area contributed by atoms with Crippen molar-refractivity contribution in [2.24, 2.45) is 5.92 Å². The SMILES string of the molecule is CN(CCCCCl)CC1CCC1. The van der Waals surface area contributed by atoms with Crippen LogP contribution >= 0.6 is 11.6 Å². The van der Waals surface area contributed by atoms with Gasteiger partial charge >= 0.3 is 0 Å². The maximum atomic E-state index is 5.61. The Hall–Kier alpha value is 0.250. The van der Waals surface area contributed by atoms with Crippen LogP contribution in [0.15, 0.2) is 0 Å². The van der Waals surface area contributed by atoms with Gasteiger partial charge in [0.2, 0.25) is 0 Å². The van der Waals surface area contributed by atoms with Crippen molar-refractivity contribution >= 4 is 11.6 Å². The van der Waals surface area contributed by atoms with Gasteiger partial charge in [0.25, 0.3) is 0 Å². The van der Waals surface area contributed by atoms with Crippen LogP contribution in [0.25, 0.3) is 0 Å². The van der Waals surface area contributed by atoms with Gasteiger partial charge in [0, 0.05) is 12.4 Å². The molecule has 0 saturated heterocycles. The zero-order valence-electron chi connectivity index (χ0n) is 8.06. The van der Waals surface area contributed by atoms with E-state index < -0.39 is 0 Å². The highest BCUT2D eigenvalue weighted by Gasteiger charge is 2.18. The molecule has 0 aromatic rings. The number of nitrogens with zero attached hydrogens (tertiary/aromatic N) is 1. The molecule has 0 bridgehead atoms. The molecule has 12 heavy (non-hydrogen) atoms. The first-order valence-corrected chi connectivity index (χ1v) is 5.61. The number of halogens is 1. The van der Waals surface area contributed by atoms with Crippen molar-refractivity contribution in [2.45, 2.75) is 32.1 Å². The maximum absolute atomic E-state index is 5.61. The van der Waals surface area contributed by atoms with Crippen LogP contribution in [0, 0.1) is 5.92 Å². The van der Waals surface area contributed by atoms with E-state index in [1.807, 2.05) is 0 Å². The fourth-order valence-electron chi connectivity index (χ4n) is 1.68. The molecule has 1 saturated carbocycles. The van der Waals surface area contributed by atoms with E-state index in [-0.39, 0.29) is 0 Å². The van der Waals surface area contributed by atoms with Gasteiger partial charge in [-0.15, -0.1) is 11.6 Å². The Morgan fingerprint density at radius 2 is 2.08 bits per heavy atom. The van der Waals surface area contributed by atoms with Gasteiger partial charge in [-0.1, -0.05) is 6.42 Å². The molecule has 0 amide bonds. The highest BCUT2D eigenvalue weighted by atomic mass is 35.5. The lowest BCUT2D eigenvalue weighted by Crippen LogP contribution is -2.30. The minimum Gasteiger partial charge on any atom is -0.306 e. The van der Waals surface area contributed by atoms with Crippen molar-refractivity contribution in [3.05, 3.63) is 0 Å². The Kier molecular flexibility index (Phi) is 5.01. The summed E-state index contributed by atoms with van der Waals surface area (Å²) in [6.07, 6.45) is 6.79. The van der Waals surface area contributed by atoms with E-state index in [0.29, 0.717) is 0 Å². The normalized spacial score (nSPS) is 18.2. The van der Waals surface area contributed by atoms with Gasteiger partial charge in [-0.3, -0.25) is 0 Å². The molecule has 2 heteroatoms. The fraction of sp³-hybridized carbons (Fsp3) is 1.00. The molecule has 0 N–H and O–H groups in total. The van der Waals surface area contributed by atoms with Crippen molar-refractivity contribution in [1.29, 1.82) is 0 Å². The molecule has 0 spiro atoms. The summed E-state index contributed by atoms with van der Waals surface area (Å²) in [6, 6.07) is 0. The zero-order valence-corrected chi connectivity index (χ0v) is 8.82. The smallest absolute Gasteiger partial charge is 0.0223 e. The summed E-state index contributed by atoms with van der Waals surface area (Å²) in [5.41, 5.74) is 0. The van der Waals surface area contributed by atoms with Crippen LogP contribution in [0.4, 0.5) is 0 Å². The third-order valence-electron chi connectivity index (χ3n) is 2.72. The number of rotatable bonds is 6. The minimum atomic E-state index is 0.817. The van der Waals surface area contributed by atoms with E-state index in [2.05, 4.69) is 11.9 Å². The van der Waals surface area contributed by atoms with Crippen LogP contribution < -0.4 is 0 Å². The van der Waals surface area contributed by atoms with Crippen molar-refractivity contribution < 1.29 is 0 Å². The number of unbranched alkanes of at least 4 members (excludes halogenated alkanes) is 1. The van der Waals surface area contributed by atoms with Gasteiger partial charge in [0.05, 0.1) is 0 Å². The largest absolute Gasteiger partial charge is 0.306 e. The van der Waals surface area contributed by atoms with Gasteiger partial charge in [-0.2, -0.15) is 0 Å². The Balaban J connectivity index is 1.91. The van der Waals surface area contributed by atoms with Crippen LogP contribution in [0.1, 0.15) is 32.1 Å². The predicted molar refractivity (Wildman–Crippen MR) is 54.8 cm³/mol. The molecule has 1 aliphatic carbocycles. The van der Waals surface area contributed by atoms with E-state index in [1.54, 1.807) is 0 Å². The average Bonchev–Trinajstić information content (AvgIpc) is 1.98. The highest BCUT2D eigenvalue weighted by molar-refractivity contribution is 6.17. The molecule has 1 fully saturated rings. The average molecular weight is 190 g/mol. The molecule has 0 aliphatic heterocycles. The van der Waals surface area contributed by atoms with Crippen LogP contribution in [0.2, 0.25) is 0 Å². The lowest BCUT2D eigenvalue weighted by molar-refractivity contribution is 0.204. The van der Waals surface area contributed by atoms with Crippen LogP contribution in [0.5, 0.6) is 0 Å². The Morgan fingerprint density at radius 3 is 2.58 bits per heavy atom. The van der Waals surface area contributed by atoms with Crippen molar-refractivity contribution in [2.75, 3.05) is 26.0 Å². The van der Waals surface area contributed by atoms with Gasteiger partial charge in [0.15, 0.2) is 0 Å². The van der Waals surface area contributed by atoms with Gasteiger partial charge in [0.1, 0.15) is 0 Å².